The first-order valence-corrected chi connectivity index (χ1v) is 8.15. The Bertz CT molecular complexity index is 723. The summed E-state index contributed by atoms with van der Waals surface area (Å²) < 4.78 is 24.5. The van der Waals surface area contributed by atoms with Gasteiger partial charge in [-0.05, 0) is 31.5 Å². The van der Waals surface area contributed by atoms with Crippen LogP contribution in [-0.2, 0) is 17.8 Å². The Kier molecular flexibility index (Phi) is 5.54. The molecule has 8 nitrogen and oxygen atoms in total. The van der Waals surface area contributed by atoms with Gasteiger partial charge in [0.25, 0.3) is 5.88 Å². The minimum atomic E-state index is -0.463. The summed E-state index contributed by atoms with van der Waals surface area (Å²) in [7, 11) is 1.56. The van der Waals surface area contributed by atoms with E-state index in [-0.39, 0.29) is 24.3 Å². The highest BCUT2D eigenvalue weighted by molar-refractivity contribution is 5.77. The second kappa shape index (κ2) is 8.02. The SMILES string of the molecule is CNC(=O)Cc1noc(CN2CCCC(Oc3ncccc3F)C2)n1. The highest BCUT2D eigenvalue weighted by atomic mass is 19.1. The molecular formula is C16H20FN5O3. The fourth-order valence-corrected chi connectivity index (χ4v) is 2.72. The number of carbonyl (C=O) groups excluding carboxylic acids is 1. The normalized spacial score (nSPS) is 18.1. The minimum absolute atomic E-state index is 0.0278. The van der Waals surface area contributed by atoms with Crippen LogP contribution in [0, 0.1) is 5.82 Å². The van der Waals surface area contributed by atoms with Gasteiger partial charge in [0, 0.05) is 19.8 Å². The van der Waals surface area contributed by atoms with Gasteiger partial charge in [0.05, 0.1) is 13.0 Å². The lowest BCUT2D eigenvalue weighted by Crippen LogP contribution is -2.40. The number of aromatic nitrogens is 3. The number of ether oxygens (including phenoxy) is 1. The topological polar surface area (TPSA) is 93.4 Å². The second-order valence-electron chi connectivity index (χ2n) is 5.86. The average molecular weight is 349 g/mol. The molecule has 1 N–H and O–H groups in total. The van der Waals surface area contributed by atoms with Crippen LogP contribution in [0.1, 0.15) is 24.6 Å². The van der Waals surface area contributed by atoms with Gasteiger partial charge >= 0.3 is 0 Å². The third-order valence-corrected chi connectivity index (χ3v) is 3.93. The molecule has 3 heterocycles. The third-order valence-electron chi connectivity index (χ3n) is 3.93. The van der Waals surface area contributed by atoms with Crippen molar-refractivity contribution in [3.63, 3.8) is 0 Å². The zero-order valence-electron chi connectivity index (χ0n) is 13.9. The zero-order chi connectivity index (χ0) is 17.6. The smallest absolute Gasteiger partial charge is 0.250 e. The van der Waals surface area contributed by atoms with Crippen molar-refractivity contribution in [2.45, 2.75) is 31.9 Å². The molecule has 0 radical (unpaired) electrons. The van der Waals surface area contributed by atoms with E-state index in [1.165, 1.54) is 18.3 Å². The van der Waals surface area contributed by atoms with Crippen molar-refractivity contribution < 1.29 is 18.4 Å². The van der Waals surface area contributed by atoms with E-state index in [1.807, 2.05) is 0 Å². The summed E-state index contributed by atoms with van der Waals surface area (Å²) in [6, 6.07) is 2.86. The molecule has 2 aromatic rings. The number of carbonyl (C=O) groups is 1. The van der Waals surface area contributed by atoms with Gasteiger partial charge in [-0.25, -0.2) is 9.37 Å². The summed E-state index contributed by atoms with van der Waals surface area (Å²) in [5.41, 5.74) is 0. The van der Waals surface area contributed by atoms with Crippen LogP contribution in [0.4, 0.5) is 4.39 Å². The lowest BCUT2D eigenvalue weighted by atomic mass is 10.1. The van der Waals surface area contributed by atoms with Gasteiger partial charge in [0.15, 0.2) is 11.6 Å². The number of likely N-dealkylation sites (tertiary alicyclic amines) is 1. The lowest BCUT2D eigenvalue weighted by Gasteiger charge is -2.31. The number of amides is 1. The Hall–Kier alpha value is -2.55. The number of pyridine rings is 1. The van der Waals surface area contributed by atoms with Crippen molar-refractivity contribution in [1.29, 1.82) is 0 Å². The van der Waals surface area contributed by atoms with E-state index in [0.717, 1.165) is 19.4 Å². The predicted molar refractivity (Wildman–Crippen MR) is 85.2 cm³/mol. The second-order valence-corrected chi connectivity index (χ2v) is 5.86. The van der Waals surface area contributed by atoms with Gasteiger partial charge in [-0.3, -0.25) is 9.69 Å². The molecule has 0 saturated carbocycles. The maximum Gasteiger partial charge on any atom is 0.250 e. The van der Waals surface area contributed by atoms with Crippen molar-refractivity contribution in [2.75, 3.05) is 20.1 Å². The largest absolute Gasteiger partial charge is 0.471 e. The van der Waals surface area contributed by atoms with Crippen molar-refractivity contribution in [3.05, 3.63) is 35.9 Å². The van der Waals surface area contributed by atoms with Gasteiger partial charge in [-0.1, -0.05) is 5.16 Å². The lowest BCUT2D eigenvalue weighted by molar-refractivity contribution is -0.120. The highest BCUT2D eigenvalue weighted by Gasteiger charge is 2.24. The van der Waals surface area contributed by atoms with Crippen LogP contribution in [-0.4, -0.2) is 52.2 Å². The Balaban J connectivity index is 1.55. The van der Waals surface area contributed by atoms with Crippen LogP contribution in [0.5, 0.6) is 5.88 Å². The van der Waals surface area contributed by atoms with Gasteiger partial charge in [-0.15, -0.1) is 0 Å². The molecular weight excluding hydrogens is 329 g/mol. The van der Waals surface area contributed by atoms with Crippen LogP contribution in [0.2, 0.25) is 0 Å². The predicted octanol–water partition coefficient (Wildman–Crippen LogP) is 0.936. The van der Waals surface area contributed by atoms with Gasteiger partial charge in [0.2, 0.25) is 11.8 Å². The molecule has 1 saturated heterocycles. The van der Waals surface area contributed by atoms with Crippen LogP contribution in [0.25, 0.3) is 0 Å². The maximum atomic E-state index is 13.7. The minimum Gasteiger partial charge on any atom is -0.471 e. The summed E-state index contributed by atoms with van der Waals surface area (Å²) in [5.74, 6) is 0.199. The van der Waals surface area contributed by atoms with Crippen molar-refractivity contribution >= 4 is 5.91 Å². The first kappa shape index (κ1) is 17.3. The first-order valence-electron chi connectivity index (χ1n) is 8.15. The third kappa shape index (κ3) is 4.72. The van der Waals surface area contributed by atoms with Crippen molar-refractivity contribution in [1.82, 2.24) is 25.3 Å². The summed E-state index contributed by atoms with van der Waals surface area (Å²) in [4.78, 5) is 21.6. The number of rotatable bonds is 6. The van der Waals surface area contributed by atoms with Crippen LogP contribution < -0.4 is 10.1 Å². The molecule has 0 aromatic carbocycles. The fraction of sp³-hybridized carbons (Fsp3) is 0.500. The standard InChI is InChI=1S/C16H20FN5O3/c1-18-14(23)8-13-20-15(25-21-13)10-22-7-3-4-11(9-22)24-16-12(17)5-2-6-19-16/h2,5-6,11H,3-4,7-10H2,1H3,(H,18,23). The quantitative estimate of drug-likeness (QED) is 0.829. The van der Waals surface area contributed by atoms with E-state index >= 15 is 0 Å². The van der Waals surface area contributed by atoms with E-state index in [0.29, 0.717) is 24.8 Å². The molecule has 1 unspecified atom stereocenters. The van der Waals surface area contributed by atoms with Gasteiger partial charge in [-0.2, -0.15) is 4.98 Å². The monoisotopic (exact) mass is 349 g/mol. The number of hydrogen-bond donors (Lipinski definition) is 1. The van der Waals surface area contributed by atoms with Gasteiger partial charge < -0.3 is 14.6 Å². The average Bonchev–Trinajstić information content (AvgIpc) is 3.04. The highest BCUT2D eigenvalue weighted by Crippen LogP contribution is 2.20. The molecule has 0 spiro atoms. The number of halogens is 1. The van der Waals surface area contributed by atoms with Crippen LogP contribution >= 0.6 is 0 Å². The molecule has 9 heteroatoms. The Morgan fingerprint density at radius 1 is 1.56 bits per heavy atom. The Morgan fingerprint density at radius 3 is 3.24 bits per heavy atom. The maximum absolute atomic E-state index is 13.7. The number of nitrogens with one attached hydrogen (secondary N) is 1. The molecule has 25 heavy (non-hydrogen) atoms. The van der Waals surface area contributed by atoms with Crippen LogP contribution in [0.15, 0.2) is 22.9 Å². The summed E-state index contributed by atoms with van der Waals surface area (Å²) in [6.45, 7) is 1.94. The summed E-state index contributed by atoms with van der Waals surface area (Å²) in [5, 5.41) is 6.32. The molecule has 0 aliphatic carbocycles. The van der Waals surface area contributed by atoms with Crippen molar-refractivity contribution in [3.8, 4) is 5.88 Å². The number of nitrogens with zero attached hydrogens (tertiary/aromatic N) is 4. The van der Waals surface area contributed by atoms with E-state index in [4.69, 9.17) is 9.26 Å². The Morgan fingerprint density at radius 2 is 2.44 bits per heavy atom. The van der Waals surface area contributed by atoms with E-state index in [1.54, 1.807) is 7.05 Å². The molecule has 134 valence electrons. The molecule has 3 rings (SSSR count). The molecule has 1 aliphatic rings. The van der Waals surface area contributed by atoms with E-state index in [9.17, 15) is 9.18 Å². The summed E-state index contributed by atoms with van der Waals surface area (Å²) in [6.07, 6.45) is 3.19. The fourth-order valence-electron chi connectivity index (χ4n) is 2.72. The molecule has 1 aliphatic heterocycles. The number of likely N-dealkylation sites (N-methyl/N-ethyl adjacent to an activating group) is 1. The van der Waals surface area contributed by atoms with Crippen LogP contribution in [0.3, 0.4) is 0 Å². The zero-order valence-corrected chi connectivity index (χ0v) is 13.9. The molecule has 1 atom stereocenters. The van der Waals surface area contributed by atoms with Crippen molar-refractivity contribution in [2.24, 2.45) is 0 Å². The molecule has 1 amide bonds. The Labute approximate surface area is 144 Å². The molecule has 0 bridgehead atoms. The molecule has 2 aromatic heterocycles. The first-order chi connectivity index (χ1) is 12.1. The molecule has 1 fully saturated rings. The number of piperidine rings is 1. The van der Waals surface area contributed by atoms with E-state index < -0.39 is 5.82 Å². The number of hydrogen-bond acceptors (Lipinski definition) is 7. The van der Waals surface area contributed by atoms with Gasteiger partial charge in [0.1, 0.15) is 6.10 Å². The summed E-state index contributed by atoms with van der Waals surface area (Å²) >= 11 is 0. The van der Waals surface area contributed by atoms with E-state index in [2.05, 4.69) is 25.3 Å².